The Labute approximate surface area is 307 Å². The van der Waals surface area contributed by atoms with Crippen LogP contribution >= 0.6 is 0 Å². The number of cyclic esters (lactones) is 1. The summed E-state index contributed by atoms with van der Waals surface area (Å²) < 4.78 is 42.7. The molecule has 0 bridgehead atoms. The van der Waals surface area contributed by atoms with Crippen molar-refractivity contribution in [3.63, 3.8) is 0 Å². The Morgan fingerprint density at radius 2 is 1.77 bits per heavy atom. The molecule has 3 aliphatic heterocycles. The molecule has 0 aromatic carbocycles. The predicted molar refractivity (Wildman–Crippen MR) is 187 cm³/mol. The minimum Gasteiger partial charge on any atom is -0.461 e. The summed E-state index contributed by atoms with van der Waals surface area (Å²) in [6.07, 6.45) is -3.73. The number of carbonyl (C=O) groups excluding carboxylic acids is 4. The molecule has 0 saturated carbocycles. The van der Waals surface area contributed by atoms with Gasteiger partial charge in [0.2, 0.25) is 0 Å². The Balaban J connectivity index is 1.84. The van der Waals surface area contributed by atoms with Crippen molar-refractivity contribution >= 4 is 23.9 Å². The Morgan fingerprint density at radius 3 is 2.37 bits per heavy atom. The standard InChI is InChI=1S/C38H58N2O12/c1-12-27-38(8)33(51-36(45)52-38)22(4)29(42)20(2)18-37(7,46-11)32(50-35-30(43)26(40(9)10)16-21(3)47-35)23(5)31(24(6)34(44)48-27)49-28(41)17-25-14-13-15-39-19-25/h13-15,19-24,26-27,30-33,35,43H,12,16-18H2,1-11H3/t20-,21-,22+,23+,24-,26+,27-,30-,31+,32-,33-,35?,37+,38-/m1/s1. The van der Waals surface area contributed by atoms with Crippen LogP contribution in [0, 0.1) is 23.7 Å². The lowest BCUT2D eigenvalue weighted by molar-refractivity contribution is -0.301. The molecule has 14 atom stereocenters. The van der Waals surface area contributed by atoms with E-state index in [9.17, 15) is 24.3 Å². The number of ether oxygens (including phenoxy) is 7. The predicted octanol–water partition coefficient (Wildman–Crippen LogP) is 3.89. The van der Waals surface area contributed by atoms with E-state index in [1.54, 1.807) is 73.0 Å². The molecule has 1 aromatic heterocycles. The third kappa shape index (κ3) is 8.78. The van der Waals surface area contributed by atoms with Gasteiger partial charge in [-0.3, -0.25) is 19.4 Å². The molecule has 14 nitrogen and oxygen atoms in total. The number of carbonyl (C=O) groups is 4. The number of aliphatic hydroxyl groups excluding tert-OH is 1. The number of aromatic nitrogens is 1. The average molecular weight is 735 g/mol. The van der Waals surface area contributed by atoms with Crippen LogP contribution in [0.1, 0.15) is 80.2 Å². The molecular weight excluding hydrogens is 676 g/mol. The van der Waals surface area contributed by atoms with Crippen molar-refractivity contribution in [3.8, 4) is 0 Å². The first-order chi connectivity index (χ1) is 24.4. The molecule has 1 aromatic rings. The molecule has 14 heteroatoms. The third-order valence-corrected chi connectivity index (χ3v) is 11.3. The number of Topliss-reactive ketones (excluding diaryl/α,β-unsaturated/α-hetero) is 1. The fraction of sp³-hybridized carbons (Fsp3) is 0.763. The lowest BCUT2D eigenvalue weighted by Gasteiger charge is -2.48. The van der Waals surface area contributed by atoms with E-state index in [0.29, 0.717) is 12.0 Å². The van der Waals surface area contributed by atoms with Crippen molar-refractivity contribution in [3.05, 3.63) is 30.1 Å². The number of hydrogen-bond donors (Lipinski definition) is 1. The van der Waals surface area contributed by atoms with Crippen LogP contribution in [0.15, 0.2) is 24.5 Å². The number of nitrogens with zero attached hydrogens (tertiary/aromatic N) is 2. The van der Waals surface area contributed by atoms with E-state index in [-0.39, 0.29) is 37.2 Å². The summed E-state index contributed by atoms with van der Waals surface area (Å²) in [7, 11) is 5.23. The van der Waals surface area contributed by atoms with Gasteiger partial charge in [0, 0.05) is 37.4 Å². The Bertz CT molecular complexity index is 1410. The molecule has 0 aliphatic carbocycles. The summed E-state index contributed by atoms with van der Waals surface area (Å²) in [6, 6.07) is 3.16. The van der Waals surface area contributed by atoms with Gasteiger partial charge in [0.1, 0.15) is 24.1 Å². The summed E-state index contributed by atoms with van der Waals surface area (Å²) in [4.78, 5) is 60.6. The maximum absolute atomic E-state index is 14.2. The van der Waals surface area contributed by atoms with Crippen LogP contribution in [0.4, 0.5) is 4.79 Å². The van der Waals surface area contributed by atoms with Gasteiger partial charge >= 0.3 is 18.1 Å². The van der Waals surface area contributed by atoms with Gasteiger partial charge < -0.3 is 43.2 Å². The van der Waals surface area contributed by atoms with Crippen molar-refractivity contribution in [1.82, 2.24) is 9.88 Å². The van der Waals surface area contributed by atoms with Crippen LogP contribution in [0.5, 0.6) is 0 Å². The molecule has 3 saturated heterocycles. The number of esters is 2. The number of hydrogen-bond acceptors (Lipinski definition) is 14. The average Bonchev–Trinajstić information content (AvgIpc) is 3.42. The van der Waals surface area contributed by atoms with Gasteiger partial charge in [-0.2, -0.15) is 0 Å². The van der Waals surface area contributed by atoms with E-state index >= 15 is 0 Å². The summed E-state index contributed by atoms with van der Waals surface area (Å²) in [5.41, 5.74) is -2.14. The lowest BCUT2D eigenvalue weighted by atomic mass is 9.74. The van der Waals surface area contributed by atoms with Gasteiger partial charge in [-0.15, -0.1) is 0 Å². The largest absolute Gasteiger partial charge is 0.509 e. The van der Waals surface area contributed by atoms with Crippen LogP contribution in [-0.2, 0) is 54.0 Å². The minimum absolute atomic E-state index is 0.113. The smallest absolute Gasteiger partial charge is 0.461 e. The van der Waals surface area contributed by atoms with Crippen LogP contribution in [0.3, 0.4) is 0 Å². The zero-order chi connectivity index (χ0) is 38.7. The van der Waals surface area contributed by atoms with Gasteiger partial charge in [0.15, 0.2) is 18.0 Å². The fourth-order valence-electron chi connectivity index (χ4n) is 8.26. The first-order valence-electron chi connectivity index (χ1n) is 18.3. The van der Waals surface area contributed by atoms with Gasteiger partial charge in [-0.1, -0.05) is 33.8 Å². The molecule has 4 rings (SSSR count). The Morgan fingerprint density at radius 1 is 1.08 bits per heavy atom. The topological polar surface area (TPSA) is 169 Å². The quantitative estimate of drug-likeness (QED) is 0.302. The number of fused-ring (bicyclic) bond motifs is 1. The summed E-state index contributed by atoms with van der Waals surface area (Å²) >= 11 is 0. The second-order valence-corrected chi connectivity index (χ2v) is 15.5. The SMILES string of the molecule is CC[C@H]1OC(=O)[C@H](C)[C@@H](OC(=O)Cc2cccnc2)[C@H](C)[C@@H](OC2O[C@H](C)C[C@H](N(C)C)[C@H]2O)[C@@](C)(OC)C[C@@H](C)C(=O)[C@H](C)[C@H]2OC(=O)O[C@@]21C. The van der Waals surface area contributed by atoms with Crippen molar-refractivity contribution in [2.75, 3.05) is 21.2 Å². The van der Waals surface area contributed by atoms with Gasteiger partial charge in [-0.05, 0) is 72.7 Å². The molecule has 52 heavy (non-hydrogen) atoms. The summed E-state index contributed by atoms with van der Waals surface area (Å²) in [5, 5.41) is 11.5. The molecule has 292 valence electrons. The monoisotopic (exact) mass is 734 g/mol. The Hall–Kier alpha value is -3.17. The Kier molecular flexibility index (Phi) is 13.5. The lowest BCUT2D eigenvalue weighted by Crippen LogP contribution is -2.60. The highest BCUT2D eigenvalue weighted by atomic mass is 16.8. The number of rotatable bonds is 8. The third-order valence-electron chi connectivity index (χ3n) is 11.3. The van der Waals surface area contributed by atoms with Crippen LogP contribution in [0.2, 0.25) is 0 Å². The number of ketones is 1. The maximum Gasteiger partial charge on any atom is 0.509 e. The van der Waals surface area contributed by atoms with Gasteiger partial charge in [-0.25, -0.2) is 4.79 Å². The zero-order valence-corrected chi connectivity index (χ0v) is 32.4. The molecule has 0 radical (unpaired) electrons. The molecule has 4 heterocycles. The van der Waals surface area contributed by atoms with E-state index in [0.717, 1.165) is 0 Å². The molecule has 3 fully saturated rings. The molecule has 0 amide bonds. The highest BCUT2D eigenvalue weighted by Gasteiger charge is 2.59. The van der Waals surface area contributed by atoms with E-state index in [1.807, 2.05) is 25.9 Å². The first kappa shape index (κ1) is 41.6. The molecule has 3 aliphatic rings. The second-order valence-electron chi connectivity index (χ2n) is 15.5. The zero-order valence-electron chi connectivity index (χ0n) is 32.4. The highest BCUT2D eigenvalue weighted by molar-refractivity contribution is 5.84. The van der Waals surface area contributed by atoms with E-state index < -0.39 is 89.8 Å². The first-order valence-corrected chi connectivity index (χ1v) is 18.3. The number of likely N-dealkylation sites (N-methyl/N-ethyl adjacent to an activating group) is 1. The fourth-order valence-corrected chi connectivity index (χ4v) is 8.26. The van der Waals surface area contributed by atoms with Crippen molar-refractivity contribution in [1.29, 1.82) is 0 Å². The van der Waals surface area contributed by atoms with Crippen molar-refractivity contribution in [2.45, 2.75) is 141 Å². The van der Waals surface area contributed by atoms with E-state index in [4.69, 9.17) is 33.2 Å². The van der Waals surface area contributed by atoms with Crippen molar-refractivity contribution in [2.24, 2.45) is 23.7 Å². The van der Waals surface area contributed by atoms with Crippen LogP contribution < -0.4 is 0 Å². The normalized spacial score (nSPS) is 40.6. The van der Waals surface area contributed by atoms with Gasteiger partial charge in [0.25, 0.3) is 0 Å². The summed E-state index contributed by atoms with van der Waals surface area (Å²) in [5.74, 6) is -4.95. The minimum atomic E-state index is -1.48. The summed E-state index contributed by atoms with van der Waals surface area (Å²) in [6.45, 7) is 13.9. The molecule has 1 unspecified atom stereocenters. The number of pyridine rings is 1. The van der Waals surface area contributed by atoms with E-state index in [1.165, 1.54) is 7.11 Å². The highest BCUT2D eigenvalue weighted by Crippen LogP contribution is 2.42. The second kappa shape index (κ2) is 16.9. The maximum atomic E-state index is 14.2. The van der Waals surface area contributed by atoms with Crippen LogP contribution in [0.25, 0.3) is 0 Å². The van der Waals surface area contributed by atoms with Crippen molar-refractivity contribution < 1.29 is 57.4 Å². The van der Waals surface area contributed by atoms with E-state index in [2.05, 4.69) is 4.98 Å². The number of aliphatic hydroxyl groups is 1. The number of methoxy groups -OCH3 is 1. The van der Waals surface area contributed by atoms with Crippen LogP contribution in [-0.4, -0.2) is 120 Å². The molecular formula is C38H58N2O12. The van der Waals surface area contributed by atoms with Gasteiger partial charge in [0.05, 0.1) is 36.1 Å². The molecule has 1 N–H and O–H groups in total. The molecule has 0 spiro atoms.